The van der Waals surface area contributed by atoms with E-state index in [9.17, 15) is 18.4 Å². The number of rotatable bonds is 6. The van der Waals surface area contributed by atoms with Crippen molar-refractivity contribution in [2.24, 2.45) is 7.05 Å². The van der Waals surface area contributed by atoms with E-state index in [0.717, 1.165) is 34.3 Å². The Hall–Kier alpha value is -5.30. The number of carbonyl (C=O) groups excluding carboxylic acids is 1. The molecule has 3 aromatic carbocycles. The molecule has 5 rings (SSSR count). The van der Waals surface area contributed by atoms with E-state index < -0.39 is 23.1 Å². The number of halogens is 2. The highest BCUT2D eigenvalue weighted by Gasteiger charge is 2.21. The van der Waals surface area contributed by atoms with Crippen LogP contribution < -0.4 is 16.2 Å². The van der Waals surface area contributed by atoms with Crippen molar-refractivity contribution in [3.8, 4) is 11.8 Å². The first-order valence-corrected chi connectivity index (χ1v) is 12.4. The van der Waals surface area contributed by atoms with Gasteiger partial charge in [0.25, 0.3) is 11.5 Å². The second-order valence-electron chi connectivity index (χ2n) is 9.04. The van der Waals surface area contributed by atoms with Crippen LogP contribution in [-0.4, -0.2) is 31.8 Å². The Kier molecular flexibility index (Phi) is 7.37. The fourth-order valence-electron chi connectivity index (χ4n) is 4.19. The molecule has 40 heavy (non-hydrogen) atoms. The summed E-state index contributed by atoms with van der Waals surface area (Å²) < 4.78 is 29.7. The van der Waals surface area contributed by atoms with Crippen LogP contribution in [0.5, 0.6) is 0 Å². The fourth-order valence-corrected chi connectivity index (χ4v) is 4.19. The number of anilines is 2. The van der Waals surface area contributed by atoms with Gasteiger partial charge in [-0.1, -0.05) is 36.1 Å². The zero-order valence-electron chi connectivity index (χ0n) is 21.7. The van der Waals surface area contributed by atoms with Gasteiger partial charge in [0.2, 0.25) is 5.95 Å². The molecule has 0 radical (unpaired) electrons. The minimum absolute atomic E-state index is 0.0179. The summed E-state index contributed by atoms with van der Waals surface area (Å²) in [4.78, 5) is 34.7. The predicted molar refractivity (Wildman–Crippen MR) is 148 cm³/mol. The Morgan fingerprint density at radius 3 is 2.60 bits per heavy atom. The highest BCUT2D eigenvalue weighted by atomic mass is 19.2. The van der Waals surface area contributed by atoms with E-state index in [0.29, 0.717) is 17.2 Å². The van der Waals surface area contributed by atoms with Crippen LogP contribution in [0.15, 0.2) is 77.7 Å². The van der Waals surface area contributed by atoms with Crippen molar-refractivity contribution in [3.05, 3.63) is 117 Å². The maximum absolute atomic E-state index is 13.6. The van der Waals surface area contributed by atoms with E-state index in [1.807, 2.05) is 48.5 Å². The second-order valence-corrected chi connectivity index (χ2v) is 9.04. The number of carbonyl (C=O) groups is 1. The Labute approximate surface area is 228 Å². The molecule has 0 bridgehead atoms. The molecule has 2 heterocycles. The molecule has 0 aliphatic heterocycles. The van der Waals surface area contributed by atoms with Crippen LogP contribution in [0.25, 0.3) is 10.9 Å². The van der Waals surface area contributed by atoms with Gasteiger partial charge >= 0.3 is 0 Å². The number of nitrogens with one attached hydrogen (secondary N) is 2. The first-order valence-electron chi connectivity index (χ1n) is 12.4. The van der Waals surface area contributed by atoms with Crippen molar-refractivity contribution in [1.82, 2.24) is 24.6 Å². The molecule has 1 amide bonds. The third-order valence-corrected chi connectivity index (χ3v) is 6.38. The lowest BCUT2D eigenvalue weighted by atomic mass is 10.1. The van der Waals surface area contributed by atoms with Crippen molar-refractivity contribution in [2.75, 3.05) is 11.9 Å². The molecule has 0 atom stereocenters. The molecule has 0 aliphatic rings. The molecule has 2 N–H and O–H groups in total. The Morgan fingerprint density at radius 1 is 1.02 bits per heavy atom. The summed E-state index contributed by atoms with van der Waals surface area (Å²) in [7, 11) is 1.62. The van der Waals surface area contributed by atoms with E-state index in [2.05, 4.69) is 32.4 Å². The van der Waals surface area contributed by atoms with Gasteiger partial charge < -0.3 is 10.6 Å². The third-order valence-electron chi connectivity index (χ3n) is 6.38. The lowest BCUT2D eigenvalue weighted by Crippen LogP contribution is -2.31. The molecule has 10 heteroatoms. The van der Waals surface area contributed by atoms with Gasteiger partial charge in [-0.25, -0.2) is 23.4 Å². The molecule has 0 saturated carbocycles. The van der Waals surface area contributed by atoms with E-state index in [1.165, 1.54) is 15.4 Å². The molecular formula is C30H24F2N6O2. The summed E-state index contributed by atoms with van der Waals surface area (Å²) in [6.45, 7) is 1.64. The zero-order chi connectivity index (χ0) is 28.2. The molecule has 200 valence electrons. The van der Waals surface area contributed by atoms with Crippen LogP contribution in [0.1, 0.15) is 27.2 Å². The predicted octanol–water partition coefficient (Wildman–Crippen LogP) is 4.29. The minimum Gasteiger partial charge on any atom is -0.341 e. The second kappa shape index (κ2) is 11.2. The van der Waals surface area contributed by atoms with Crippen LogP contribution in [0.4, 0.5) is 20.4 Å². The number of para-hydroxylation sites is 1. The summed E-state index contributed by atoms with van der Waals surface area (Å²) in [6.07, 6.45) is 1.71. The Balaban J connectivity index is 1.25. The third kappa shape index (κ3) is 5.59. The maximum atomic E-state index is 13.6. The SMILES string of the molecule is Cc1c(C(=O)NCC#Cc2ccc3nc(Nc4ccccc4)ncc3c2)c(=O)n(Cc2ccc(F)c(F)c2)n1C. The van der Waals surface area contributed by atoms with Gasteiger partial charge in [0.15, 0.2) is 11.6 Å². The maximum Gasteiger partial charge on any atom is 0.280 e. The summed E-state index contributed by atoms with van der Waals surface area (Å²) in [5, 5.41) is 6.63. The highest BCUT2D eigenvalue weighted by Crippen LogP contribution is 2.17. The number of hydrogen-bond donors (Lipinski definition) is 2. The van der Waals surface area contributed by atoms with Crippen molar-refractivity contribution in [3.63, 3.8) is 0 Å². The minimum atomic E-state index is -1.00. The Bertz CT molecular complexity index is 1850. The van der Waals surface area contributed by atoms with Gasteiger partial charge in [-0.2, -0.15) is 0 Å². The Morgan fingerprint density at radius 2 is 1.82 bits per heavy atom. The highest BCUT2D eigenvalue weighted by molar-refractivity contribution is 5.95. The van der Waals surface area contributed by atoms with Gasteiger partial charge in [0.1, 0.15) is 5.56 Å². The fraction of sp³-hybridized carbons (Fsp3) is 0.133. The van der Waals surface area contributed by atoms with Gasteiger partial charge in [-0.05, 0) is 55.0 Å². The van der Waals surface area contributed by atoms with Gasteiger partial charge in [-0.3, -0.25) is 14.3 Å². The van der Waals surface area contributed by atoms with E-state index in [-0.39, 0.29) is 18.7 Å². The average molecular weight is 539 g/mol. The van der Waals surface area contributed by atoms with Crippen molar-refractivity contribution >= 4 is 28.4 Å². The standard InChI is InChI=1S/C30H24F2N6O2/c1-19-27(29(40)38(37(19)2)18-21-10-12-24(31)25(32)16-21)28(39)33-14-6-7-20-11-13-26-22(15-20)17-34-30(36-26)35-23-8-4-3-5-9-23/h3-5,8-13,15-17H,14,18H2,1-2H3,(H,33,39)(H,34,35,36). The topological polar surface area (TPSA) is 93.8 Å². The average Bonchev–Trinajstić information content (AvgIpc) is 3.16. The van der Waals surface area contributed by atoms with Crippen molar-refractivity contribution in [1.29, 1.82) is 0 Å². The number of benzene rings is 3. The number of nitrogens with zero attached hydrogens (tertiary/aromatic N) is 4. The lowest BCUT2D eigenvalue weighted by molar-refractivity contribution is 0.0956. The normalized spacial score (nSPS) is 10.7. The van der Waals surface area contributed by atoms with E-state index in [1.54, 1.807) is 20.2 Å². The van der Waals surface area contributed by atoms with Crippen LogP contribution in [0, 0.1) is 30.4 Å². The first kappa shape index (κ1) is 26.3. The van der Waals surface area contributed by atoms with Crippen molar-refractivity contribution in [2.45, 2.75) is 13.5 Å². The molecule has 5 aromatic rings. The monoisotopic (exact) mass is 538 g/mol. The summed E-state index contributed by atoms with van der Waals surface area (Å²) in [5.74, 6) is 3.84. The van der Waals surface area contributed by atoms with Gasteiger partial charge in [-0.15, -0.1) is 0 Å². The molecule has 8 nitrogen and oxygen atoms in total. The molecule has 0 spiro atoms. The molecule has 0 saturated heterocycles. The number of amides is 1. The quantitative estimate of drug-likeness (QED) is 0.315. The zero-order valence-corrected chi connectivity index (χ0v) is 21.7. The summed E-state index contributed by atoms with van der Waals surface area (Å²) in [6, 6.07) is 18.6. The van der Waals surface area contributed by atoms with Crippen LogP contribution >= 0.6 is 0 Å². The number of fused-ring (bicyclic) bond motifs is 1. The lowest BCUT2D eigenvalue weighted by Gasteiger charge is -2.08. The molecular weight excluding hydrogens is 514 g/mol. The first-order chi connectivity index (χ1) is 19.3. The summed E-state index contributed by atoms with van der Waals surface area (Å²) in [5.41, 5.74) is 2.63. The number of hydrogen-bond acceptors (Lipinski definition) is 5. The van der Waals surface area contributed by atoms with Gasteiger partial charge in [0.05, 0.1) is 18.6 Å². The molecule has 2 aromatic heterocycles. The van der Waals surface area contributed by atoms with E-state index in [4.69, 9.17) is 0 Å². The van der Waals surface area contributed by atoms with Crippen LogP contribution in [0.2, 0.25) is 0 Å². The molecule has 0 aliphatic carbocycles. The summed E-state index contributed by atoms with van der Waals surface area (Å²) >= 11 is 0. The number of aromatic nitrogens is 4. The van der Waals surface area contributed by atoms with Gasteiger partial charge in [0, 0.05) is 35.6 Å². The molecule has 0 fully saturated rings. The van der Waals surface area contributed by atoms with Crippen molar-refractivity contribution < 1.29 is 13.6 Å². The van der Waals surface area contributed by atoms with Crippen LogP contribution in [0.3, 0.4) is 0 Å². The molecule has 0 unspecified atom stereocenters. The largest absolute Gasteiger partial charge is 0.341 e. The smallest absolute Gasteiger partial charge is 0.280 e. The van der Waals surface area contributed by atoms with Crippen LogP contribution in [-0.2, 0) is 13.6 Å². The van der Waals surface area contributed by atoms with E-state index >= 15 is 0 Å².